The molecule has 2 aliphatic heterocycles. The van der Waals surface area contributed by atoms with E-state index in [-0.39, 0.29) is 40.8 Å². The van der Waals surface area contributed by atoms with Gasteiger partial charge in [-0.2, -0.15) is 4.98 Å². The van der Waals surface area contributed by atoms with Gasteiger partial charge in [0.2, 0.25) is 5.91 Å². The summed E-state index contributed by atoms with van der Waals surface area (Å²) in [6, 6.07) is 4.29. The van der Waals surface area contributed by atoms with E-state index in [1.165, 1.54) is 28.8 Å². The second kappa shape index (κ2) is 12.8. The van der Waals surface area contributed by atoms with Gasteiger partial charge in [-0.15, -0.1) is 0 Å². The van der Waals surface area contributed by atoms with E-state index in [9.17, 15) is 19.1 Å². The highest BCUT2D eigenvalue weighted by molar-refractivity contribution is 5.92. The number of halogens is 2. The van der Waals surface area contributed by atoms with Gasteiger partial charge in [-0.1, -0.05) is 40.3 Å². The number of nitrogens with one attached hydrogen (secondary N) is 1. The standard InChI is InChI=1S/C30H32F2N6O3.C2H6/c1-6-23(40)36-12-13-37(18(5)15-36)28-19-14-21(32)26(24-20(31)8-7-9-22(24)39)34-29(19)38(30(41)35-28)27-17(4)10-11-33-25(27)16(2)3;1-2/h6-11,14,16,18,25,33,39H,1,12-13,15H2,2-5H3;1-2H3. The van der Waals surface area contributed by atoms with Gasteiger partial charge in [0.1, 0.15) is 23.1 Å². The molecule has 0 spiro atoms. The van der Waals surface area contributed by atoms with Crippen LogP contribution in [0.1, 0.15) is 41.5 Å². The van der Waals surface area contributed by atoms with Crippen LogP contribution in [-0.2, 0) is 4.79 Å². The van der Waals surface area contributed by atoms with E-state index in [4.69, 9.17) is 0 Å². The summed E-state index contributed by atoms with van der Waals surface area (Å²) in [5, 5.41) is 14.0. The normalized spacial score (nSPS) is 18.4. The van der Waals surface area contributed by atoms with E-state index in [1.807, 2.05) is 52.5 Å². The van der Waals surface area contributed by atoms with Gasteiger partial charge in [-0.25, -0.2) is 23.1 Å². The van der Waals surface area contributed by atoms with Crippen molar-refractivity contribution in [1.29, 1.82) is 0 Å². The number of phenolic OH excluding ortho intramolecular Hbond substituents is 1. The quantitative estimate of drug-likeness (QED) is 0.399. The molecule has 1 saturated heterocycles. The summed E-state index contributed by atoms with van der Waals surface area (Å²) >= 11 is 0. The molecule has 2 N–H and O–H groups in total. The maximum atomic E-state index is 15.8. The van der Waals surface area contributed by atoms with Gasteiger partial charge in [-0.05, 0) is 61.9 Å². The predicted molar refractivity (Wildman–Crippen MR) is 166 cm³/mol. The number of hydrogen-bond acceptors (Lipinski definition) is 7. The minimum atomic E-state index is -0.882. The molecule has 0 aliphatic carbocycles. The Morgan fingerprint density at radius 2 is 1.91 bits per heavy atom. The van der Waals surface area contributed by atoms with Crippen LogP contribution in [0.2, 0.25) is 0 Å². The summed E-state index contributed by atoms with van der Waals surface area (Å²) in [7, 11) is 0. The van der Waals surface area contributed by atoms with Crippen molar-refractivity contribution in [3.8, 4) is 17.0 Å². The Hall–Kier alpha value is -4.54. The molecule has 9 nitrogen and oxygen atoms in total. The summed E-state index contributed by atoms with van der Waals surface area (Å²) in [4.78, 5) is 38.6. The smallest absolute Gasteiger partial charge is 0.355 e. The number of carbonyl (C=O) groups is 1. The van der Waals surface area contributed by atoms with Gasteiger partial charge in [0, 0.05) is 25.7 Å². The Bertz CT molecular complexity index is 1660. The van der Waals surface area contributed by atoms with Crippen LogP contribution < -0.4 is 15.9 Å². The molecule has 2 aromatic heterocycles. The number of carbonyl (C=O) groups excluding carboxylic acids is 1. The topological polar surface area (TPSA) is 104 Å². The van der Waals surface area contributed by atoms with Gasteiger partial charge in [0.05, 0.1) is 22.7 Å². The number of rotatable bonds is 5. The number of allylic oxidation sites excluding steroid dienone is 2. The van der Waals surface area contributed by atoms with Gasteiger partial charge in [0.25, 0.3) is 0 Å². The number of pyridine rings is 1. The van der Waals surface area contributed by atoms with Crippen LogP contribution >= 0.6 is 0 Å². The lowest BCUT2D eigenvalue weighted by atomic mass is 9.95. The van der Waals surface area contributed by atoms with E-state index < -0.39 is 34.3 Å². The molecule has 2 aliphatic rings. The van der Waals surface area contributed by atoms with Crippen LogP contribution in [0.5, 0.6) is 5.75 Å². The monoisotopic (exact) mass is 592 g/mol. The van der Waals surface area contributed by atoms with E-state index in [0.29, 0.717) is 25.3 Å². The fourth-order valence-electron chi connectivity index (χ4n) is 5.58. The minimum Gasteiger partial charge on any atom is -0.507 e. The molecule has 1 amide bonds. The summed E-state index contributed by atoms with van der Waals surface area (Å²) in [5.74, 6) is -2.15. The summed E-state index contributed by atoms with van der Waals surface area (Å²) in [5.41, 5.74) is -0.00817. The average molecular weight is 593 g/mol. The lowest BCUT2D eigenvalue weighted by Gasteiger charge is -2.40. The molecular formula is C32H38F2N6O3. The van der Waals surface area contributed by atoms with Gasteiger partial charge >= 0.3 is 5.69 Å². The number of amides is 1. The highest BCUT2D eigenvalue weighted by Crippen LogP contribution is 2.37. The number of aromatic nitrogens is 3. The molecule has 11 heteroatoms. The number of benzene rings is 1. The van der Waals surface area contributed by atoms with Crippen molar-refractivity contribution in [2.45, 2.75) is 53.6 Å². The number of piperazine rings is 1. The van der Waals surface area contributed by atoms with E-state index in [1.54, 1.807) is 11.1 Å². The first-order chi connectivity index (χ1) is 20.5. The highest BCUT2D eigenvalue weighted by Gasteiger charge is 2.32. The number of aromatic hydroxyl groups is 1. The number of phenols is 1. The third kappa shape index (κ3) is 5.76. The Labute approximate surface area is 249 Å². The maximum Gasteiger partial charge on any atom is 0.355 e. The Balaban J connectivity index is 0.00000207. The van der Waals surface area contributed by atoms with E-state index in [0.717, 1.165) is 11.6 Å². The minimum absolute atomic E-state index is 0.0533. The van der Waals surface area contributed by atoms with Gasteiger partial charge in [-0.3, -0.25) is 4.79 Å². The summed E-state index contributed by atoms with van der Waals surface area (Å²) in [6.07, 6.45) is 4.88. The molecule has 1 aromatic carbocycles. The molecule has 228 valence electrons. The van der Waals surface area contributed by atoms with E-state index >= 15 is 4.39 Å². The number of anilines is 1. The largest absolute Gasteiger partial charge is 0.507 e. The zero-order chi connectivity index (χ0) is 31.6. The van der Waals surface area contributed by atoms with E-state index in [2.05, 4.69) is 21.9 Å². The Kier molecular flexibility index (Phi) is 9.32. The fraction of sp³-hybridized carbons (Fsp3) is 0.375. The van der Waals surface area contributed by atoms with Crippen LogP contribution in [0, 0.1) is 17.6 Å². The lowest BCUT2D eigenvalue weighted by molar-refractivity contribution is -0.126. The molecule has 0 saturated carbocycles. The zero-order valence-electron chi connectivity index (χ0n) is 25.4. The Morgan fingerprint density at radius 1 is 1.19 bits per heavy atom. The number of hydrogen-bond donors (Lipinski definition) is 2. The van der Waals surface area contributed by atoms with Crippen LogP contribution in [-0.4, -0.2) is 62.2 Å². The zero-order valence-corrected chi connectivity index (χ0v) is 25.4. The number of fused-ring (bicyclic) bond motifs is 1. The van der Waals surface area contributed by atoms with Crippen LogP contribution in [0.15, 0.2) is 59.6 Å². The first-order valence-electron chi connectivity index (χ1n) is 14.5. The van der Waals surface area contributed by atoms with Crippen molar-refractivity contribution in [1.82, 2.24) is 24.8 Å². The van der Waals surface area contributed by atoms with Crippen LogP contribution in [0.25, 0.3) is 28.0 Å². The van der Waals surface area contributed by atoms with Crippen molar-refractivity contribution >= 4 is 28.5 Å². The van der Waals surface area contributed by atoms with Crippen molar-refractivity contribution < 1.29 is 18.7 Å². The first kappa shape index (κ1) is 31.4. The summed E-state index contributed by atoms with van der Waals surface area (Å²) < 4.78 is 32.1. The van der Waals surface area contributed by atoms with Crippen LogP contribution in [0.3, 0.4) is 0 Å². The van der Waals surface area contributed by atoms with Gasteiger partial charge in [0.15, 0.2) is 11.5 Å². The molecule has 0 bridgehead atoms. The predicted octanol–water partition coefficient (Wildman–Crippen LogP) is 5.06. The van der Waals surface area contributed by atoms with Crippen LogP contribution in [0.4, 0.5) is 14.6 Å². The molecule has 4 heterocycles. The second-order valence-corrected chi connectivity index (χ2v) is 10.7. The molecule has 5 rings (SSSR count). The molecule has 2 atom stereocenters. The molecule has 0 radical (unpaired) electrons. The number of nitrogens with zero attached hydrogens (tertiary/aromatic N) is 5. The van der Waals surface area contributed by atoms with Gasteiger partial charge < -0.3 is 20.2 Å². The lowest BCUT2D eigenvalue weighted by Crippen LogP contribution is -2.54. The molecular weight excluding hydrogens is 554 g/mol. The number of dihydropyridines is 1. The first-order valence-corrected chi connectivity index (χ1v) is 14.5. The van der Waals surface area contributed by atoms with Crippen molar-refractivity contribution in [2.75, 3.05) is 24.5 Å². The second-order valence-electron chi connectivity index (χ2n) is 10.7. The third-order valence-electron chi connectivity index (χ3n) is 7.63. The molecule has 2 unspecified atom stereocenters. The maximum absolute atomic E-state index is 15.8. The SMILES string of the molecule is C=CC(=O)N1CCN(c2nc(=O)n(C3=C(C)C=CNC3C(C)C)c3nc(-c4c(O)cccc4F)c(F)cc23)C(C)C1.CC. The molecule has 3 aromatic rings. The average Bonchev–Trinajstić information content (AvgIpc) is 2.98. The fourth-order valence-corrected chi connectivity index (χ4v) is 5.58. The van der Waals surface area contributed by atoms with Crippen molar-refractivity contribution in [3.05, 3.63) is 76.9 Å². The molecule has 1 fully saturated rings. The van der Waals surface area contributed by atoms with Crippen molar-refractivity contribution in [3.63, 3.8) is 0 Å². The summed E-state index contributed by atoms with van der Waals surface area (Å²) in [6.45, 7) is 16.3. The third-order valence-corrected chi connectivity index (χ3v) is 7.63. The Morgan fingerprint density at radius 3 is 2.53 bits per heavy atom. The highest BCUT2D eigenvalue weighted by atomic mass is 19.1. The van der Waals surface area contributed by atoms with Crippen molar-refractivity contribution in [2.24, 2.45) is 5.92 Å². The molecule has 43 heavy (non-hydrogen) atoms.